The Balaban J connectivity index is 3.02. The Bertz CT molecular complexity index is 395. The van der Waals surface area contributed by atoms with Gasteiger partial charge in [-0.05, 0) is 48.3 Å². The molecule has 0 saturated heterocycles. The SMILES string of the molecule is C=CC1NC=C(C(C)C(CC(C)C)C(C)(C)C)[C@H]1/C=C\C. The van der Waals surface area contributed by atoms with Gasteiger partial charge in [0.05, 0.1) is 6.04 Å². The minimum atomic E-state index is 0.331. The number of hydrogen-bond acceptors (Lipinski definition) is 1. The van der Waals surface area contributed by atoms with Crippen molar-refractivity contribution < 1.29 is 0 Å². The predicted molar refractivity (Wildman–Crippen MR) is 95.1 cm³/mol. The van der Waals surface area contributed by atoms with Crippen LogP contribution in [0.3, 0.4) is 0 Å². The fourth-order valence-electron chi connectivity index (χ4n) is 3.74. The quantitative estimate of drug-likeness (QED) is 0.631. The second-order valence-electron chi connectivity index (χ2n) is 8.01. The molecule has 0 saturated carbocycles. The standard InChI is InChI=1S/C20H35N/c1-9-11-16-17(13-21-19(16)10-2)15(5)18(12-14(3)4)20(6,7)8/h9-11,13-16,18-19,21H,2,12H2,1,3-8H3/b11-9-/t15?,16-,18?,19?/m1/s1. The second-order valence-corrected chi connectivity index (χ2v) is 8.01. The van der Waals surface area contributed by atoms with Gasteiger partial charge in [-0.3, -0.25) is 0 Å². The Labute approximate surface area is 132 Å². The van der Waals surface area contributed by atoms with Crippen molar-refractivity contribution in [2.75, 3.05) is 0 Å². The van der Waals surface area contributed by atoms with Gasteiger partial charge >= 0.3 is 0 Å². The summed E-state index contributed by atoms with van der Waals surface area (Å²) in [6.45, 7) is 20.3. The third-order valence-corrected chi connectivity index (χ3v) is 4.84. The lowest BCUT2D eigenvalue weighted by molar-refractivity contribution is 0.153. The van der Waals surface area contributed by atoms with Gasteiger partial charge in [0.1, 0.15) is 0 Å². The van der Waals surface area contributed by atoms with Crippen molar-refractivity contribution in [2.45, 2.75) is 60.9 Å². The van der Waals surface area contributed by atoms with E-state index in [0.717, 1.165) is 5.92 Å². The van der Waals surface area contributed by atoms with Crippen LogP contribution in [0, 0.1) is 29.1 Å². The molecule has 1 aliphatic rings. The van der Waals surface area contributed by atoms with E-state index in [1.807, 2.05) is 6.08 Å². The Morgan fingerprint density at radius 1 is 1.29 bits per heavy atom. The molecule has 1 heterocycles. The zero-order valence-corrected chi connectivity index (χ0v) is 15.1. The van der Waals surface area contributed by atoms with Crippen molar-refractivity contribution in [2.24, 2.45) is 29.1 Å². The van der Waals surface area contributed by atoms with Crippen LogP contribution in [0.4, 0.5) is 0 Å². The highest BCUT2D eigenvalue weighted by Gasteiger charge is 2.37. The van der Waals surface area contributed by atoms with E-state index in [0.29, 0.717) is 29.2 Å². The van der Waals surface area contributed by atoms with E-state index >= 15 is 0 Å². The third-order valence-electron chi connectivity index (χ3n) is 4.84. The van der Waals surface area contributed by atoms with E-state index in [1.54, 1.807) is 5.57 Å². The summed E-state index contributed by atoms with van der Waals surface area (Å²) in [6.07, 6.45) is 10.1. The summed E-state index contributed by atoms with van der Waals surface area (Å²) in [4.78, 5) is 0. The lowest BCUT2D eigenvalue weighted by Gasteiger charge is -2.38. The Morgan fingerprint density at radius 3 is 2.33 bits per heavy atom. The van der Waals surface area contributed by atoms with Gasteiger partial charge in [0.25, 0.3) is 0 Å². The number of nitrogens with one attached hydrogen (secondary N) is 1. The molecule has 0 bridgehead atoms. The van der Waals surface area contributed by atoms with Gasteiger partial charge in [-0.25, -0.2) is 0 Å². The zero-order chi connectivity index (χ0) is 16.2. The minimum Gasteiger partial charge on any atom is -0.384 e. The molecule has 3 unspecified atom stereocenters. The minimum absolute atomic E-state index is 0.331. The van der Waals surface area contributed by atoms with Crippen LogP contribution in [0.1, 0.15) is 54.9 Å². The highest BCUT2D eigenvalue weighted by atomic mass is 14.9. The van der Waals surface area contributed by atoms with Gasteiger partial charge in [0.2, 0.25) is 0 Å². The van der Waals surface area contributed by atoms with Crippen molar-refractivity contribution in [3.05, 3.63) is 36.6 Å². The summed E-state index contributed by atoms with van der Waals surface area (Å²) in [5.74, 6) is 2.48. The summed E-state index contributed by atoms with van der Waals surface area (Å²) < 4.78 is 0. The fourth-order valence-corrected chi connectivity index (χ4v) is 3.74. The lowest BCUT2D eigenvalue weighted by atomic mass is 9.66. The largest absolute Gasteiger partial charge is 0.384 e. The summed E-state index contributed by atoms with van der Waals surface area (Å²) in [5, 5.41) is 3.50. The molecule has 0 aromatic heterocycles. The number of hydrogen-bond donors (Lipinski definition) is 1. The van der Waals surface area contributed by atoms with Crippen LogP contribution < -0.4 is 5.32 Å². The molecule has 0 aliphatic carbocycles. The van der Waals surface area contributed by atoms with E-state index in [9.17, 15) is 0 Å². The van der Waals surface area contributed by atoms with E-state index < -0.39 is 0 Å². The Hall–Kier alpha value is -0.980. The van der Waals surface area contributed by atoms with Crippen molar-refractivity contribution in [1.29, 1.82) is 0 Å². The van der Waals surface area contributed by atoms with Crippen LogP contribution >= 0.6 is 0 Å². The molecule has 1 N–H and O–H groups in total. The summed E-state index contributed by atoms with van der Waals surface area (Å²) >= 11 is 0. The van der Waals surface area contributed by atoms with Gasteiger partial charge in [0, 0.05) is 5.92 Å². The number of allylic oxidation sites excluding steroid dienone is 1. The molecule has 1 aliphatic heterocycles. The first-order valence-electron chi connectivity index (χ1n) is 8.43. The highest BCUT2D eigenvalue weighted by Crippen LogP contribution is 2.43. The van der Waals surface area contributed by atoms with Crippen LogP contribution in [0.2, 0.25) is 0 Å². The van der Waals surface area contributed by atoms with Gasteiger partial charge in [0.15, 0.2) is 0 Å². The molecule has 0 aromatic rings. The molecule has 1 nitrogen and oxygen atoms in total. The maximum Gasteiger partial charge on any atom is 0.0537 e. The van der Waals surface area contributed by atoms with Gasteiger partial charge in [-0.2, -0.15) is 0 Å². The van der Waals surface area contributed by atoms with Crippen LogP contribution in [-0.2, 0) is 0 Å². The first-order chi connectivity index (χ1) is 9.72. The average Bonchev–Trinajstić information content (AvgIpc) is 2.77. The summed E-state index contributed by atoms with van der Waals surface area (Å²) in [6, 6.07) is 0.346. The summed E-state index contributed by atoms with van der Waals surface area (Å²) in [5.41, 5.74) is 1.87. The molecule has 4 atom stereocenters. The lowest BCUT2D eigenvalue weighted by Crippen LogP contribution is -2.31. The van der Waals surface area contributed by atoms with E-state index in [-0.39, 0.29) is 0 Å². The monoisotopic (exact) mass is 289 g/mol. The van der Waals surface area contributed by atoms with Crippen LogP contribution in [0.5, 0.6) is 0 Å². The van der Waals surface area contributed by atoms with E-state index in [1.165, 1.54) is 6.42 Å². The molecule has 0 radical (unpaired) electrons. The molecule has 1 rings (SSSR count). The molecular weight excluding hydrogens is 254 g/mol. The van der Waals surface area contributed by atoms with Crippen LogP contribution in [0.15, 0.2) is 36.6 Å². The predicted octanol–water partition coefficient (Wildman–Crippen LogP) is 5.56. The molecule has 1 heteroatoms. The van der Waals surface area contributed by atoms with Crippen molar-refractivity contribution in [3.8, 4) is 0 Å². The first-order valence-corrected chi connectivity index (χ1v) is 8.43. The molecule has 0 fully saturated rings. The third kappa shape index (κ3) is 4.49. The normalized spacial score (nSPS) is 25.8. The zero-order valence-electron chi connectivity index (χ0n) is 15.1. The fraction of sp³-hybridized carbons (Fsp3) is 0.700. The van der Waals surface area contributed by atoms with Gasteiger partial charge in [-0.1, -0.05) is 59.8 Å². The molecule has 120 valence electrons. The Kier molecular flexibility index (Phi) is 6.31. The molecular formula is C20H35N. The van der Waals surface area contributed by atoms with Crippen molar-refractivity contribution in [1.82, 2.24) is 5.32 Å². The van der Waals surface area contributed by atoms with Gasteiger partial charge in [-0.15, -0.1) is 6.58 Å². The van der Waals surface area contributed by atoms with Crippen molar-refractivity contribution in [3.63, 3.8) is 0 Å². The molecule has 0 spiro atoms. The number of rotatable bonds is 6. The summed E-state index contributed by atoms with van der Waals surface area (Å²) in [7, 11) is 0. The maximum atomic E-state index is 3.98. The van der Waals surface area contributed by atoms with Crippen LogP contribution in [0.25, 0.3) is 0 Å². The molecule has 0 aromatic carbocycles. The smallest absolute Gasteiger partial charge is 0.0537 e. The van der Waals surface area contributed by atoms with E-state index in [4.69, 9.17) is 0 Å². The molecule has 0 amide bonds. The maximum absolute atomic E-state index is 3.98. The van der Waals surface area contributed by atoms with Crippen molar-refractivity contribution >= 4 is 0 Å². The molecule has 21 heavy (non-hydrogen) atoms. The second kappa shape index (κ2) is 7.33. The first kappa shape index (κ1) is 18.1. The topological polar surface area (TPSA) is 12.0 Å². The average molecular weight is 290 g/mol. The Morgan fingerprint density at radius 2 is 1.90 bits per heavy atom. The van der Waals surface area contributed by atoms with Crippen LogP contribution in [-0.4, -0.2) is 6.04 Å². The highest BCUT2D eigenvalue weighted by molar-refractivity contribution is 5.27. The van der Waals surface area contributed by atoms with E-state index in [2.05, 4.69) is 78.7 Å². The van der Waals surface area contributed by atoms with Gasteiger partial charge < -0.3 is 5.32 Å².